The van der Waals surface area contributed by atoms with E-state index in [1.54, 1.807) is 60.7 Å². The summed E-state index contributed by atoms with van der Waals surface area (Å²) in [6, 6.07) is 19.4. The fourth-order valence-corrected chi connectivity index (χ4v) is 3.34. The molecule has 0 bridgehead atoms. The first-order valence-corrected chi connectivity index (χ1v) is 12.0. The summed E-state index contributed by atoms with van der Waals surface area (Å²) in [7, 11) is 0. The number of rotatable bonds is 11. The molecule has 0 saturated carbocycles. The molecule has 1 amide bonds. The highest BCUT2D eigenvalue weighted by Gasteiger charge is 2.12. The number of hydrogen-bond acceptors (Lipinski definition) is 6. The first-order valence-electron chi connectivity index (χ1n) is 11.2. The number of carbonyl (C=O) groups is 2. The van der Waals surface area contributed by atoms with Gasteiger partial charge in [0.15, 0.2) is 6.61 Å². The van der Waals surface area contributed by atoms with Gasteiger partial charge in [0.1, 0.15) is 17.2 Å². The molecule has 3 aromatic carbocycles. The standard InChI is InChI=1S/C27H27BrN2O5/c1-3-4-14-33-23-9-11-24(12-10-23)34-18-26(31)30-29-17-21-16-22(28)8-13-25(21)35-27(32)20-7-5-6-19(2)15-20/h5-13,15-17H,3-4,14,18H2,1-2H3,(H,30,31)/b29-17+. The summed E-state index contributed by atoms with van der Waals surface area (Å²) in [6.07, 6.45) is 3.47. The molecule has 182 valence electrons. The molecule has 0 aliphatic heterocycles. The normalized spacial score (nSPS) is 10.7. The average Bonchev–Trinajstić information content (AvgIpc) is 2.85. The van der Waals surface area contributed by atoms with Crippen LogP contribution in [0.5, 0.6) is 17.2 Å². The van der Waals surface area contributed by atoms with Gasteiger partial charge in [0, 0.05) is 10.0 Å². The van der Waals surface area contributed by atoms with E-state index in [1.165, 1.54) is 6.21 Å². The van der Waals surface area contributed by atoms with E-state index in [9.17, 15) is 9.59 Å². The number of hydrogen-bond donors (Lipinski definition) is 1. The van der Waals surface area contributed by atoms with E-state index in [4.69, 9.17) is 14.2 Å². The van der Waals surface area contributed by atoms with Crippen molar-refractivity contribution in [1.29, 1.82) is 0 Å². The summed E-state index contributed by atoms with van der Waals surface area (Å²) in [5.41, 5.74) is 4.33. The van der Waals surface area contributed by atoms with Crippen LogP contribution in [0.4, 0.5) is 0 Å². The minimum atomic E-state index is -0.482. The van der Waals surface area contributed by atoms with Crippen molar-refractivity contribution in [2.24, 2.45) is 5.10 Å². The molecule has 0 aliphatic rings. The highest BCUT2D eigenvalue weighted by atomic mass is 79.9. The summed E-state index contributed by atoms with van der Waals surface area (Å²) in [4.78, 5) is 24.6. The van der Waals surface area contributed by atoms with Gasteiger partial charge in [-0.3, -0.25) is 4.79 Å². The lowest BCUT2D eigenvalue weighted by molar-refractivity contribution is -0.123. The van der Waals surface area contributed by atoms with Crippen LogP contribution in [0.2, 0.25) is 0 Å². The van der Waals surface area contributed by atoms with E-state index >= 15 is 0 Å². The van der Waals surface area contributed by atoms with Crippen molar-refractivity contribution in [3.05, 3.63) is 87.9 Å². The van der Waals surface area contributed by atoms with Gasteiger partial charge >= 0.3 is 5.97 Å². The smallest absolute Gasteiger partial charge is 0.343 e. The Balaban J connectivity index is 1.53. The summed E-state index contributed by atoms with van der Waals surface area (Å²) in [5.74, 6) is 0.704. The van der Waals surface area contributed by atoms with Gasteiger partial charge in [0.2, 0.25) is 0 Å². The fourth-order valence-electron chi connectivity index (χ4n) is 2.97. The van der Waals surface area contributed by atoms with Crippen LogP contribution in [-0.4, -0.2) is 31.3 Å². The maximum atomic E-state index is 12.5. The Morgan fingerprint density at radius 1 is 1.00 bits per heavy atom. The highest BCUT2D eigenvalue weighted by molar-refractivity contribution is 9.10. The second-order valence-electron chi connectivity index (χ2n) is 7.70. The number of nitrogens with one attached hydrogen (secondary N) is 1. The van der Waals surface area contributed by atoms with Crippen molar-refractivity contribution in [1.82, 2.24) is 5.43 Å². The van der Waals surface area contributed by atoms with Gasteiger partial charge < -0.3 is 14.2 Å². The zero-order valence-corrected chi connectivity index (χ0v) is 21.2. The Morgan fingerprint density at radius 3 is 2.46 bits per heavy atom. The average molecular weight is 539 g/mol. The lowest BCUT2D eigenvalue weighted by Crippen LogP contribution is -2.24. The third-order valence-electron chi connectivity index (χ3n) is 4.78. The molecular weight excluding hydrogens is 512 g/mol. The monoisotopic (exact) mass is 538 g/mol. The summed E-state index contributed by atoms with van der Waals surface area (Å²) >= 11 is 3.39. The van der Waals surface area contributed by atoms with Crippen molar-refractivity contribution >= 4 is 34.0 Å². The Hall–Kier alpha value is -3.65. The Bertz CT molecular complexity index is 1180. The maximum Gasteiger partial charge on any atom is 0.343 e. The predicted molar refractivity (Wildman–Crippen MR) is 138 cm³/mol. The molecule has 0 atom stereocenters. The number of amides is 1. The quantitative estimate of drug-likeness (QED) is 0.111. The Morgan fingerprint density at radius 2 is 1.74 bits per heavy atom. The highest BCUT2D eigenvalue weighted by Crippen LogP contribution is 2.23. The molecule has 0 fully saturated rings. The van der Waals surface area contributed by atoms with Crippen molar-refractivity contribution < 1.29 is 23.8 Å². The van der Waals surface area contributed by atoms with Gasteiger partial charge in [-0.1, -0.05) is 47.0 Å². The molecule has 0 aliphatic carbocycles. The molecule has 1 N–H and O–H groups in total. The van der Waals surface area contributed by atoms with Gasteiger partial charge in [-0.05, 0) is 67.9 Å². The summed E-state index contributed by atoms with van der Waals surface area (Å²) in [5, 5.41) is 3.97. The minimum Gasteiger partial charge on any atom is -0.494 e. The molecule has 3 rings (SSSR count). The molecule has 0 spiro atoms. The Kier molecular flexibility index (Phi) is 9.86. The minimum absolute atomic E-state index is 0.207. The summed E-state index contributed by atoms with van der Waals surface area (Å²) < 4.78 is 17.4. The zero-order valence-electron chi connectivity index (χ0n) is 19.6. The van der Waals surface area contributed by atoms with Gasteiger partial charge in [0.05, 0.1) is 18.4 Å². The second kappa shape index (κ2) is 13.3. The number of hydrazone groups is 1. The third kappa shape index (κ3) is 8.57. The van der Waals surface area contributed by atoms with Crippen molar-refractivity contribution in [2.75, 3.05) is 13.2 Å². The van der Waals surface area contributed by atoms with Crippen molar-refractivity contribution in [3.63, 3.8) is 0 Å². The second-order valence-corrected chi connectivity index (χ2v) is 8.61. The topological polar surface area (TPSA) is 86.2 Å². The van der Waals surface area contributed by atoms with Crippen LogP contribution in [0.15, 0.2) is 76.3 Å². The molecule has 0 heterocycles. The molecule has 3 aromatic rings. The lowest BCUT2D eigenvalue weighted by Gasteiger charge is -2.09. The summed E-state index contributed by atoms with van der Waals surface area (Å²) in [6.45, 7) is 4.47. The molecule has 35 heavy (non-hydrogen) atoms. The van der Waals surface area contributed by atoms with Crippen LogP contribution in [0, 0.1) is 6.92 Å². The number of ether oxygens (including phenoxy) is 3. The number of nitrogens with zero attached hydrogens (tertiary/aromatic N) is 1. The van der Waals surface area contributed by atoms with E-state index in [2.05, 4.69) is 33.4 Å². The molecule has 0 radical (unpaired) electrons. The molecule has 7 nitrogen and oxygen atoms in total. The van der Waals surface area contributed by atoms with Crippen LogP contribution in [0.25, 0.3) is 0 Å². The zero-order chi connectivity index (χ0) is 25.0. The largest absolute Gasteiger partial charge is 0.494 e. The van der Waals surface area contributed by atoms with Crippen LogP contribution in [-0.2, 0) is 4.79 Å². The van der Waals surface area contributed by atoms with E-state index in [1.807, 2.05) is 13.0 Å². The fraction of sp³-hybridized carbons (Fsp3) is 0.222. The molecule has 0 unspecified atom stereocenters. The number of benzene rings is 3. The number of carbonyl (C=O) groups excluding carboxylic acids is 2. The molecular formula is C27H27BrN2O5. The molecule has 8 heteroatoms. The SMILES string of the molecule is CCCCOc1ccc(OCC(=O)N/N=C/c2cc(Br)ccc2OC(=O)c2cccc(C)c2)cc1. The van der Waals surface area contributed by atoms with Crippen molar-refractivity contribution in [3.8, 4) is 17.2 Å². The van der Waals surface area contributed by atoms with Crippen LogP contribution in [0.1, 0.15) is 41.3 Å². The van der Waals surface area contributed by atoms with Gasteiger partial charge in [0.25, 0.3) is 5.91 Å². The number of unbranched alkanes of at least 4 members (excludes halogenated alkanes) is 1. The van der Waals surface area contributed by atoms with E-state index in [-0.39, 0.29) is 6.61 Å². The number of esters is 1. The number of aryl methyl sites for hydroxylation is 1. The van der Waals surface area contributed by atoms with Gasteiger partial charge in [-0.15, -0.1) is 0 Å². The third-order valence-corrected chi connectivity index (χ3v) is 5.27. The lowest BCUT2D eigenvalue weighted by atomic mass is 10.1. The first-order chi connectivity index (χ1) is 16.9. The van der Waals surface area contributed by atoms with Crippen molar-refractivity contribution in [2.45, 2.75) is 26.7 Å². The number of halogens is 1. The Labute approximate surface area is 213 Å². The van der Waals surface area contributed by atoms with E-state index in [0.29, 0.717) is 29.2 Å². The van der Waals surface area contributed by atoms with E-state index < -0.39 is 11.9 Å². The molecule has 0 aromatic heterocycles. The molecule has 0 saturated heterocycles. The van der Waals surface area contributed by atoms with Crippen LogP contribution >= 0.6 is 15.9 Å². The van der Waals surface area contributed by atoms with E-state index in [0.717, 1.165) is 28.6 Å². The van der Waals surface area contributed by atoms with Crippen LogP contribution < -0.4 is 19.6 Å². The first kappa shape index (κ1) is 26.0. The van der Waals surface area contributed by atoms with Gasteiger partial charge in [-0.2, -0.15) is 5.10 Å². The van der Waals surface area contributed by atoms with Crippen LogP contribution in [0.3, 0.4) is 0 Å². The predicted octanol–water partition coefficient (Wildman–Crippen LogP) is 5.68. The van der Waals surface area contributed by atoms with Gasteiger partial charge in [-0.25, -0.2) is 10.2 Å². The maximum absolute atomic E-state index is 12.5.